The topological polar surface area (TPSA) is 55.8 Å². The van der Waals surface area contributed by atoms with E-state index >= 15 is 0 Å². The highest BCUT2D eigenvalue weighted by molar-refractivity contribution is 5.74. The van der Waals surface area contributed by atoms with Gasteiger partial charge in [-0.05, 0) is 31.9 Å². The molecule has 1 aliphatic rings. The molecule has 4 heteroatoms. The quantitative estimate of drug-likeness (QED) is 0.869. The second-order valence-electron chi connectivity index (χ2n) is 5.25. The third-order valence-electron chi connectivity index (χ3n) is 3.09. The van der Waals surface area contributed by atoms with Gasteiger partial charge >= 0.3 is 5.97 Å². The van der Waals surface area contributed by atoms with E-state index in [1.807, 2.05) is 24.3 Å². The molecule has 1 saturated heterocycles. The number of aliphatic carboxylic acids is 1. The van der Waals surface area contributed by atoms with Gasteiger partial charge in [-0.2, -0.15) is 0 Å². The summed E-state index contributed by atoms with van der Waals surface area (Å²) in [4.78, 5) is 11.2. The zero-order valence-electron chi connectivity index (χ0n) is 10.7. The number of ether oxygens (including phenoxy) is 2. The number of carboxylic acids is 1. The molecule has 0 unspecified atom stereocenters. The summed E-state index contributed by atoms with van der Waals surface area (Å²) in [6.45, 7) is 4.66. The molecule has 1 aromatic rings. The van der Waals surface area contributed by atoms with Crippen LogP contribution in [-0.4, -0.2) is 30.4 Å². The maximum atomic E-state index is 11.2. The van der Waals surface area contributed by atoms with Crippen LogP contribution in [0.15, 0.2) is 24.3 Å². The molecule has 0 atom stereocenters. The predicted molar refractivity (Wildman–Crippen MR) is 66.8 cm³/mol. The van der Waals surface area contributed by atoms with Crippen LogP contribution in [0.1, 0.15) is 19.4 Å². The van der Waals surface area contributed by atoms with Gasteiger partial charge in [-0.25, -0.2) is 0 Å². The van der Waals surface area contributed by atoms with E-state index in [1.54, 1.807) is 13.8 Å². The second kappa shape index (κ2) is 4.98. The van der Waals surface area contributed by atoms with Crippen molar-refractivity contribution in [1.82, 2.24) is 0 Å². The highest BCUT2D eigenvalue weighted by Gasteiger charge is 2.29. The average Bonchev–Trinajstić information content (AvgIpc) is 2.24. The van der Waals surface area contributed by atoms with Gasteiger partial charge in [0.25, 0.3) is 0 Å². The maximum absolute atomic E-state index is 11.2. The van der Waals surface area contributed by atoms with Crippen molar-refractivity contribution in [1.29, 1.82) is 0 Å². The number of hydrogen-bond donors (Lipinski definition) is 1. The lowest BCUT2D eigenvalue weighted by Crippen LogP contribution is -2.39. The molecule has 0 amide bonds. The summed E-state index contributed by atoms with van der Waals surface area (Å²) >= 11 is 0. The molecule has 1 aromatic carbocycles. The van der Waals surface area contributed by atoms with Crippen molar-refractivity contribution >= 4 is 5.97 Å². The number of carbonyl (C=O) groups is 1. The Hall–Kier alpha value is -1.55. The molecular formula is C14H18O4. The summed E-state index contributed by atoms with van der Waals surface area (Å²) in [7, 11) is 0. The Morgan fingerprint density at radius 1 is 1.44 bits per heavy atom. The minimum absolute atomic E-state index is 0.0964. The van der Waals surface area contributed by atoms with Crippen molar-refractivity contribution in [3.05, 3.63) is 29.8 Å². The summed E-state index contributed by atoms with van der Waals surface area (Å²) in [5.74, 6) is -0.0376. The zero-order chi connectivity index (χ0) is 13.2. The van der Waals surface area contributed by atoms with Gasteiger partial charge < -0.3 is 14.6 Å². The maximum Gasteiger partial charge on any atom is 0.309 e. The highest BCUT2D eigenvalue weighted by atomic mass is 16.6. The fraction of sp³-hybridized carbons (Fsp3) is 0.500. The van der Waals surface area contributed by atoms with Crippen molar-refractivity contribution in [3.63, 3.8) is 0 Å². The van der Waals surface area contributed by atoms with Gasteiger partial charge in [0.1, 0.15) is 11.9 Å². The van der Waals surface area contributed by atoms with Crippen LogP contribution >= 0.6 is 0 Å². The minimum atomic E-state index is -0.802. The van der Waals surface area contributed by atoms with Crippen LogP contribution in [0.4, 0.5) is 0 Å². The molecule has 1 fully saturated rings. The Balaban J connectivity index is 2.13. The van der Waals surface area contributed by atoms with Gasteiger partial charge in [0.15, 0.2) is 0 Å². The lowest BCUT2D eigenvalue weighted by molar-refractivity contribution is -0.146. The molecule has 0 spiro atoms. The van der Waals surface area contributed by atoms with Crippen LogP contribution in [0, 0.1) is 5.41 Å². The van der Waals surface area contributed by atoms with Gasteiger partial charge in [0.2, 0.25) is 0 Å². The van der Waals surface area contributed by atoms with E-state index < -0.39 is 11.4 Å². The van der Waals surface area contributed by atoms with Crippen LogP contribution in [0.25, 0.3) is 0 Å². The molecule has 0 saturated carbocycles. The molecule has 1 N–H and O–H groups in total. The molecule has 1 heterocycles. The third kappa shape index (κ3) is 2.82. The van der Waals surface area contributed by atoms with Crippen molar-refractivity contribution in [2.75, 3.05) is 13.2 Å². The molecule has 1 aliphatic heterocycles. The predicted octanol–water partition coefficient (Wildman–Crippen LogP) is 2.12. The summed E-state index contributed by atoms with van der Waals surface area (Å²) < 4.78 is 10.9. The van der Waals surface area contributed by atoms with Gasteiger partial charge in [-0.3, -0.25) is 4.79 Å². The molecule has 18 heavy (non-hydrogen) atoms. The Kier molecular flexibility index (Phi) is 3.57. The molecular weight excluding hydrogens is 232 g/mol. The number of benzene rings is 1. The van der Waals surface area contributed by atoms with E-state index in [1.165, 1.54) is 0 Å². The van der Waals surface area contributed by atoms with Crippen molar-refractivity contribution in [2.45, 2.75) is 26.4 Å². The fourth-order valence-electron chi connectivity index (χ4n) is 1.78. The first-order valence-corrected chi connectivity index (χ1v) is 6.05. The minimum Gasteiger partial charge on any atom is -0.485 e. The monoisotopic (exact) mass is 250 g/mol. The molecule has 0 radical (unpaired) electrons. The molecule has 0 aliphatic carbocycles. The van der Waals surface area contributed by atoms with Crippen molar-refractivity contribution < 1.29 is 19.4 Å². The lowest BCUT2D eigenvalue weighted by atomic mass is 9.85. The average molecular weight is 250 g/mol. The highest BCUT2D eigenvalue weighted by Crippen LogP contribution is 2.29. The molecule has 2 rings (SSSR count). The van der Waals surface area contributed by atoms with Crippen molar-refractivity contribution in [2.24, 2.45) is 5.41 Å². The van der Waals surface area contributed by atoms with Gasteiger partial charge in [0, 0.05) is 0 Å². The molecule has 98 valence electrons. The van der Waals surface area contributed by atoms with E-state index in [0.29, 0.717) is 19.6 Å². The number of carboxylic acid groups (broad SMARTS) is 1. The Labute approximate surface area is 107 Å². The van der Waals surface area contributed by atoms with E-state index in [-0.39, 0.29) is 6.10 Å². The van der Waals surface area contributed by atoms with E-state index in [2.05, 4.69) is 0 Å². The van der Waals surface area contributed by atoms with Gasteiger partial charge in [-0.1, -0.05) is 18.2 Å². The fourth-order valence-corrected chi connectivity index (χ4v) is 1.78. The van der Waals surface area contributed by atoms with Crippen LogP contribution in [0.2, 0.25) is 0 Å². The first-order chi connectivity index (χ1) is 8.49. The normalized spacial score (nSPS) is 16.1. The summed E-state index contributed by atoms with van der Waals surface area (Å²) in [6.07, 6.45) is 0.547. The van der Waals surface area contributed by atoms with E-state index in [4.69, 9.17) is 9.47 Å². The lowest BCUT2D eigenvalue weighted by Gasteiger charge is -2.28. The summed E-state index contributed by atoms with van der Waals surface area (Å²) in [6, 6.07) is 7.59. The van der Waals surface area contributed by atoms with E-state index in [0.717, 1.165) is 11.3 Å². The smallest absolute Gasteiger partial charge is 0.309 e. The first kappa shape index (κ1) is 12.9. The Morgan fingerprint density at radius 2 is 2.11 bits per heavy atom. The van der Waals surface area contributed by atoms with Crippen molar-refractivity contribution in [3.8, 4) is 5.75 Å². The van der Waals surface area contributed by atoms with Gasteiger partial charge in [0.05, 0.1) is 18.6 Å². The Bertz CT molecular complexity index is 435. The third-order valence-corrected chi connectivity index (χ3v) is 3.09. The largest absolute Gasteiger partial charge is 0.485 e. The number of rotatable bonds is 5. The standard InChI is InChI=1S/C14H18O4/c1-14(2,13(15)16)7-10-5-3-4-6-12(10)18-11-8-17-9-11/h3-6,11H,7-9H2,1-2H3,(H,15,16). The van der Waals surface area contributed by atoms with Gasteiger partial charge in [-0.15, -0.1) is 0 Å². The second-order valence-corrected chi connectivity index (χ2v) is 5.25. The van der Waals surface area contributed by atoms with Crippen LogP contribution in [-0.2, 0) is 16.0 Å². The van der Waals surface area contributed by atoms with Crippen LogP contribution in [0.5, 0.6) is 5.75 Å². The Morgan fingerprint density at radius 3 is 2.67 bits per heavy atom. The van der Waals surface area contributed by atoms with Crippen LogP contribution in [0.3, 0.4) is 0 Å². The summed E-state index contributed by atoms with van der Waals surface area (Å²) in [5.41, 5.74) is 0.132. The number of hydrogen-bond acceptors (Lipinski definition) is 3. The zero-order valence-corrected chi connectivity index (χ0v) is 10.7. The van der Waals surface area contributed by atoms with E-state index in [9.17, 15) is 9.90 Å². The number of para-hydroxylation sites is 1. The SMILES string of the molecule is CC(C)(Cc1ccccc1OC1COC1)C(=O)O. The first-order valence-electron chi connectivity index (χ1n) is 6.05. The molecule has 0 aromatic heterocycles. The molecule has 4 nitrogen and oxygen atoms in total. The summed E-state index contributed by atoms with van der Waals surface area (Å²) in [5, 5.41) is 9.17. The van der Waals surface area contributed by atoms with Crippen LogP contribution < -0.4 is 4.74 Å². The molecule has 0 bridgehead atoms.